The van der Waals surface area contributed by atoms with Crippen LogP contribution in [-0.4, -0.2) is 52.5 Å². The second kappa shape index (κ2) is 9.57. The molecule has 7 nitrogen and oxygen atoms in total. The highest BCUT2D eigenvalue weighted by Crippen LogP contribution is 2.56. The number of amides is 3. The van der Waals surface area contributed by atoms with Crippen LogP contribution in [0.1, 0.15) is 75.3 Å². The summed E-state index contributed by atoms with van der Waals surface area (Å²) >= 11 is 0. The Hall–Kier alpha value is -2.67. The smallest absolute Gasteiger partial charge is 0.246 e. The van der Waals surface area contributed by atoms with Crippen LogP contribution in [-0.2, 0) is 19.1 Å². The third-order valence-electron chi connectivity index (χ3n) is 9.27. The highest BCUT2D eigenvalue weighted by molar-refractivity contribution is 6.03. The molecule has 2 saturated heterocycles. The quantitative estimate of drug-likeness (QED) is 0.588. The summed E-state index contributed by atoms with van der Waals surface area (Å²) in [5, 5.41) is 6.35. The van der Waals surface area contributed by atoms with Gasteiger partial charge in [0.2, 0.25) is 17.7 Å². The van der Waals surface area contributed by atoms with Crippen LogP contribution in [0.5, 0.6) is 0 Å². The second-order valence-electron chi connectivity index (χ2n) is 11.9. The molecule has 4 fully saturated rings. The lowest BCUT2D eigenvalue weighted by molar-refractivity contribution is -0.144. The van der Waals surface area contributed by atoms with Crippen molar-refractivity contribution in [2.24, 2.45) is 11.8 Å². The number of hydrogen-bond donors (Lipinski definition) is 2. The van der Waals surface area contributed by atoms with Crippen LogP contribution in [0.2, 0.25) is 0 Å². The average Bonchev–Trinajstić information content (AvgIpc) is 3.52. The van der Waals surface area contributed by atoms with Gasteiger partial charge >= 0.3 is 0 Å². The molecule has 2 saturated carbocycles. The van der Waals surface area contributed by atoms with E-state index in [1.807, 2.05) is 43.0 Å². The molecule has 0 aromatic heterocycles. The molecule has 1 aromatic rings. The van der Waals surface area contributed by atoms with E-state index in [9.17, 15) is 14.4 Å². The van der Waals surface area contributed by atoms with Gasteiger partial charge in [0, 0.05) is 17.8 Å². The Morgan fingerprint density at radius 2 is 1.57 bits per heavy atom. The number of carbonyl (C=O) groups excluding carboxylic acids is 3. The van der Waals surface area contributed by atoms with Crippen LogP contribution >= 0.6 is 0 Å². The normalized spacial score (nSPS) is 33.6. The molecule has 6 rings (SSSR count). The fourth-order valence-corrected chi connectivity index (χ4v) is 7.76. The zero-order valence-corrected chi connectivity index (χ0v) is 22.0. The van der Waals surface area contributed by atoms with Gasteiger partial charge in [-0.15, -0.1) is 0 Å². The summed E-state index contributed by atoms with van der Waals surface area (Å²) in [5.41, 5.74) is 1.78. The SMILES string of the molecule is Cc1cc(C)cc(NC(=O)C2C3C=CC4(O3)C2C(=O)N(C2CCCCC2)C4C(=O)NC2CCCCC2)c1. The van der Waals surface area contributed by atoms with Crippen molar-refractivity contribution in [3.63, 3.8) is 0 Å². The molecule has 3 aliphatic heterocycles. The Bertz CT molecular complexity index is 1100. The number of rotatable bonds is 5. The Balaban J connectivity index is 1.32. The number of carbonyl (C=O) groups is 3. The third kappa shape index (κ3) is 4.19. The van der Waals surface area contributed by atoms with E-state index in [1.54, 1.807) is 0 Å². The molecule has 2 N–H and O–H groups in total. The molecule has 37 heavy (non-hydrogen) atoms. The summed E-state index contributed by atoms with van der Waals surface area (Å²) in [4.78, 5) is 43.7. The first kappa shape index (κ1) is 24.7. The van der Waals surface area contributed by atoms with Gasteiger partial charge in [0.15, 0.2) is 0 Å². The summed E-state index contributed by atoms with van der Waals surface area (Å²) in [6.45, 7) is 4.00. The van der Waals surface area contributed by atoms with Crippen LogP contribution < -0.4 is 10.6 Å². The number of nitrogens with one attached hydrogen (secondary N) is 2. The van der Waals surface area contributed by atoms with E-state index in [-0.39, 0.29) is 29.8 Å². The first-order valence-corrected chi connectivity index (χ1v) is 14.3. The van der Waals surface area contributed by atoms with Crippen LogP contribution in [0.3, 0.4) is 0 Å². The van der Waals surface area contributed by atoms with E-state index in [2.05, 4.69) is 16.7 Å². The standard InChI is InChI=1S/C30H39N3O4/c1-18-15-19(2)17-21(16-18)32-27(34)24-23-13-14-30(37-23)25(24)29(36)33(22-11-7-4-8-12-22)26(30)28(35)31-20-9-5-3-6-10-20/h13-17,20,22-26H,3-12H2,1-2H3,(H,31,35)(H,32,34). The lowest BCUT2D eigenvalue weighted by Gasteiger charge is -2.39. The van der Waals surface area contributed by atoms with Gasteiger partial charge in [0.1, 0.15) is 11.6 Å². The number of fused-ring (bicyclic) bond motifs is 1. The van der Waals surface area contributed by atoms with Gasteiger partial charge in [0.05, 0.1) is 17.9 Å². The van der Waals surface area contributed by atoms with E-state index in [4.69, 9.17) is 4.74 Å². The number of hydrogen-bond acceptors (Lipinski definition) is 4. The Kier molecular flexibility index (Phi) is 6.38. The van der Waals surface area contributed by atoms with Crippen molar-refractivity contribution < 1.29 is 19.1 Å². The maximum Gasteiger partial charge on any atom is 0.246 e. The number of ether oxygens (including phenoxy) is 1. The molecular formula is C30H39N3O4. The van der Waals surface area contributed by atoms with Crippen molar-refractivity contribution in [2.75, 3.05) is 5.32 Å². The zero-order valence-electron chi connectivity index (χ0n) is 22.0. The van der Waals surface area contributed by atoms with E-state index >= 15 is 0 Å². The van der Waals surface area contributed by atoms with E-state index in [0.29, 0.717) is 0 Å². The number of anilines is 1. The van der Waals surface area contributed by atoms with Crippen molar-refractivity contribution in [2.45, 2.75) is 108 Å². The predicted molar refractivity (Wildman–Crippen MR) is 141 cm³/mol. The van der Waals surface area contributed by atoms with Crippen molar-refractivity contribution in [3.8, 4) is 0 Å². The number of nitrogens with zero attached hydrogens (tertiary/aromatic N) is 1. The molecular weight excluding hydrogens is 466 g/mol. The number of benzene rings is 1. The van der Waals surface area contributed by atoms with Crippen molar-refractivity contribution in [3.05, 3.63) is 41.5 Å². The lowest BCUT2D eigenvalue weighted by Crippen LogP contribution is -2.58. The second-order valence-corrected chi connectivity index (χ2v) is 11.9. The molecule has 5 atom stereocenters. The molecule has 2 bridgehead atoms. The van der Waals surface area contributed by atoms with Gasteiger partial charge in [-0.3, -0.25) is 14.4 Å². The number of likely N-dealkylation sites (tertiary alicyclic amines) is 1. The van der Waals surface area contributed by atoms with E-state index in [1.165, 1.54) is 6.42 Å². The molecule has 7 heteroatoms. The summed E-state index contributed by atoms with van der Waals surface area (Å²) in [5.74, 6) is -1.76. The van der Waals surface area contributed by atoms with Crippen molar-refractivity contribution in [1.29, 1.82) is 0 Å². The molecule has 5 aliphatic rings. The summed E-state index contributed by atoms with van der Waals surface area (Å²) in [6, 6.07) is 5.38. The molecule has 3 heterocycles. The van der Waals surface area contributed by atoms with Crippen LogP contribution in [0.25, 0.3) is 0 Å². The van der Waals surface area contributed by atoms with Gasteiger partial charge in [0.25, 0.3) is 0 Å². The van der Waals surface area contributed by atoms with Gasteiger partial charge in [-0.25, -0.2) is 0 Å². The zero-order chi connectivity index (χ0) is 25.7. The minimum absolute atomic E-state index is 0.0162. The van der Waals surface area contributed by atoms with Crippen LogP contribution in [0.15, 0.2) is 30.4 Å². The fourth-order valence-electron chi connectivity index (χ4n) is 7.76. The first-order valence-electron chi connectivity index (χ1n) is 14.3. The molecule has 198 valence electrons. The lowest BCUT2D eigenvalue weighted by atomic mass is 9.74. The molecule has 0 radical (unpaired) electrons. The molecule has 2 aliphatic carbocycles. The summed E-state index contributed by atoms with van der Waals surface area (Å²) < 4.78 is 6.52. The minimum Gasteiger partial charge on any atom is -0.359 e. The number of aryl methyl sites for hydroxylation is 2. The maximum atomic E-state index is 14.2. The maximum absolute atomic E-state index is 14.2. The highest BCUT2D eigenvalue weighted by atomic mass is 16.5. The monoisotopic (exact) mass is 505 g/mol. The fraction of sp³-hybridized carbons (Fsp3) is 0.633. The average molecular weight is 506 g/mol. The van der Waals surface area contributed by atoms with Gasteiger partial charge < -0.3 is 20.3 Å². The molecule has 1 spiro atoms. The Labute approximate surface area is 219 Å². The third-order valence-corrected chi connectivity index (χ3v) is 9.27. The van der Waals surface area contributed by atoms with Crippen molar-refractivity contribution >= 4 is 23.4 Å². The van der Waals surface area contributed by atoms with Gasteiger partial charge in [-0.2, -0.15) is 0 Å². The summed E-state index contributed by atoms with van der Waals surface area (Å²) in [7, 11) is 0. The topological polar surface area (TPSA) is 87.7 Å². The van der Waals surface area contributed by atoms with E-state index in [0.717, 1.165) is 74.6 Å². The molecule has 5 unspecified atom stereocenters. The van der Waals surface area contributed by atoms with Crippen molar-refractivity contribution in [1.82, 2.24) is 10.2 Å². The largest absolute Gasteiger partial charge is 0.359 e. The summed E-state index contributed by atoms with van der Waals surface area (Å²) in [6.07, 6.45) is 13.8. The molecule has 1 aromatic carbocycles. The van der Waals surface area contributed by atoms with Gasteiger partial charge in [-0.1, -0.05) is 56.7 Å². The Morgan fingerprint density at radius 1 is 0.919 bits per heavy atom. The van der Waals surface area contributed by atoms with Gasteiger partial charge in [-0.05, 0) is 62.8 Å². The predicted octanol–water partition coefficient (Wildman–Crippen LogP) is 4.17. The Morgan fingerprint density at radius 3 is 2.24 bits per heavy atom. The highest BCUT2D eigenvalue weighted by Gasteiger charge is 2.73. The van der Waals surface area contributed by atoms with E-state index < -0.39 is 29.6 Å². The van der Waals surface area contributed by atoms with Crippen LogP contribution in [0.4, 0.5) is 5.69 Å². The molecule has 3 amide bonds. The van der Waals surface area contributed by atoms with Crippen LogP contribution in [0, 0.1) is 25.7 Å². The first-order chi connectivity index (χ1) is 17.9. The minimum atomic E-state index is -1.08.